The summed E-state index contributed by atoms with van der Waals surface area (Å²) in [4.78, 5) is 22.1. The quantitative estimate of drug-likeness (QED) is 0.402. The molecule has 2 aliphatic heterocycles. The molecule has 0 radical (unpaired) electrons. The molecule has 1 aromatic heterocycles. The second-order valence-corrected chi connectivity index (χ2v) is 10.9. The zero-order chi connectivity index (χ0) is 25.6. The highest BCUT2D eigenvalue weighted by Gasteiger charge is 2.26. The number of hydrogen-bond donors (Lipinski definition) is 1. The number of halogens is 2. The molecule has 0 unspecified atom stereocenters. The SMILES string of the molecule is O=C(NCc1cccc(CN2CCCCC2)c1)C1CCN(Cc2nc(-c3ccc(Cl)cc3Cl)no2)CC1. The van der Waals surface area contributed by atoms with Crippen LogP contribution in [0.3, 0.4) is 0 Å². The summed E-state index contributed by atoms with van der Waals surface area (Å²) in [6, 6.07) is 13.8. The first kappa shape index (κ1) is 26.2. The Balaban J connectivity index is 1.07. The van der Waals surface area contributed by atoms with Crippen LogP contribution >= 0.6 is 23.2 Å². The molecule has 0 atom stereocenters. The summed E-state index contributed by atoms with van der Waals surface area (Å²) in [6.07, 6.45) is 5.56. The van der Waals surface area contributed by atoms with Crippen molar-refractivity contribution in [3.8, 4) is 11.4 Å². The molecule has 1 amide bonds. The number of aromatic nitrogens is 2. The van der Waals surface area contributed by atoms with Crippen molar-refractivity contribution in [2.75, 3.05) is 26.2 Å². The first-order valence-corrected chi connectivity index (χ1v) is 13.9. The van der Waals surface area contributed by atoms with Gasteiger partial charge in [-0.3, -0.25) is 14.6 Å². The van der Waals surface area contributed by atoms with Crippen molar-refractivity contribution in [2.45, 2.75) is 51.7 Å². The molecule has 0 saturated carbocycles. The summed E-state index contributed by atoms with van der Waals surface area (Å²) < 4.78 is 5.45. The molecule has 0 bridgehead atoms. The van der Waals surface area contributed by atoms with E-state index < -0.39 is 0 Å². The molecule has 3 heterocycles. The van der Waals surface area contributed by atoms with E-state index >= 15 is 0 Å². The molecule has 196 valence electrons. The van der Waals surface area contributed by atoms with Crippen LogP contribution in [0.5, 0.6) is 0 Å². The number of nitrogens with zero attached hydrogens (tertiary/aromatic N) is 4. The first-order valence-electron chi connectivity index (χ1n) is 13.1. The van der Waals surface area contributed by atoms with Gasteiger partial charge in [0, 0.05) is 29.6 Å². The number of hydrogen-bond acceptors (Lipinski definition) is 6. The summed E-state index contributed by atoms with van der Waals surface area (Å²) in [5, 5.41) is 8.28. The van der Waals surface area contributed by atoms with E-state index in [2.05, 4.69) is 49.5 Å². The Bertz CT molecular complexity index is 1200. The third kappa shape index (κ3) is 7.11. The van der Waals surface area contributed by atoms with E-state index in [1.807, 2.05) is 0 Å². The van der Waals surface area contributed by atoms with E-state index in [9.17, 15) is 4.79 Å². The van der Waals surface area contributed by atoms with E-state index in [0.717, 1.165) is 38.0 Å². The fraction of sp³-hybridized carbons (Fsp3) is 0.464. The van der Waals surface area contributed by atoms with Gasteiger partial charge in [-0.1, -0.05) is 59.0 Å². The molecule has 0 aliphatic carbocycles. The number of nitrogens with one attached hydrogen (secondary N) is 1. The highest BCUT2D eigenvalue weighted by molar-refractivity contribution is 6.36. The lowest BCUT2D eigenvalue weighted by Crippen LogP contribution is -2.40. The first-order chi connectivity index (χ1) is 18.0. The van der Waals surface area contributed by atoms with E-state index in [0.29, 0.717) is 40.4 Å². The number of carbonyl (C=O) groups is 1. The van der Waals surface area contributed by atoms with Crippen molar-refractivity contribution in [1.82, 2.24) is 25.3 Å². The molecule has 1 N–H and O–H groups in total. The van der Waals surface area contributed by atoms with Gasteiger partial charge in [-0.05, 0) is 81.2 Å². The molecule has 7 nitrogen and oxygen atoms in total. The van der Waals surface area contributed by atoms with E-state index in [1.54, 1.807) is 18.2 Å². The third-order valence-electron chi connectivity index (χ3n) is 7.27. The van der Waals surface area contributed by atoms with Gasteiger partial charge in [0.05, 0.1) is 11.6 Å². The van der Waals surface area contributed by atoms with E-state index in [1.165, 1.54) is 37.9 Å². The minimum atomic E-state index is 0.0268. The standard InChI is InChI=1S/C28H33Cl2N5O2/c29-23-7-8-24(25(30)16-23)27-32-26(37-33-27)19-35-13-9-22(10-14-35)28(36)31-17-20-5-4-6-21(15-20)18-34-11-2-1-3-12-34/h4-8,15-16,22H,1-3,9-14,17-19H2,(H,31,36). The van der Waals surface area contributed by atoms with Crippen molar-refractivity contribution in [3.63, 3.8) is 0 Å². The number of piperidine rings is 2. The van der Waals surface area contributed by atoms with Gasteiger partial charge < -0.3 is 9.84 Å². The van der Waals surface area contributed by atoms with E-state index in [-0.39, 0.29) is 11.8 Å². The molecule has 37 heavy (non-hydrogen) atoms. The highest BCUT2D eigenvalue weighted by atomic mass is 35.5. The summed E-state index contributed by atoms with van der Waals surface area (Å²) in [5.41, 5.74) is 3.17. The molecule has 3 aromatic rings. The van der Waals surface area contributed by atoms with Crippen LogP contribution in [0, 0.1) is 5.92 Å². The number of benzene rings is 2. The van der Waals surface area contributed by atoms with Gasteiger partial charge in [-0.15, -0.1) is 0 Å². The van der Waals surface area contributed by atoms with Crippen LogP contribution in [0.25, 0.3) is 11.4 Å². The lowest BCUT2D eigenvalue weighted by atomic mass is 9.96. The van der Waals surface area contributed by atoms with Crippen LogP contribution in [0.1, 0.15) is 49.1 Å². The van der Waals surface area contributed by atoms with Crippen molar-refractivity contribution < 1.29 is 9.32 Å². The minimum absolute atomic E-state index is 0.0268. The van der Waals surface area contributed by atoms with Crippen molar-refractivity contribution in [3.05, 3.63) is 69.5 Å². The van der Waals surface area contributed by atoms with Gasteiger partial charge in [-0.25, -0.2) is 0 Å². The second kappa shape index (κ2) is 12.4. The maximum absolute atomic E-state index is 12.9. The monoisotopic (exact) mass is 541 g/mol. The third-order valence-corrected chi connectivity index (χ3v) is 7.82. The van der Waals surface area contributed by atoms with Crippen LogP contribution < -0.4 is 5.32 Å². The smallest absolute Gasteiger partial charge is 0.241 e. The molecule has 2 aromatic carbocycles. The fourth-order valence-corrected chi connectivity index (χ4v) is 5.68. The molecule has 5 rings (SSSR count). The lowest BCUT2D eigenvalue weighted by molar-refractivity contribution is -0.126. The van der Waals surface area contributed by atoms with Gasteiger partial charge >= 0.3 is 0 Å². The number of amides is 1. The predicted octanol–water partition coefficient (Wildman–Crippen LogP) is 5.56. The normalized spacial score (nSPS) is 17.7. The average Bonchev–Trinajstić information content (AvgIpc) is 3.36. The minimum Gasteiger partial charge on any atom is -0.352 e. The average molecular weight is 543 g/mol. The summed E-state index contributed by atoms with van der Waals surface area (Å²) in [5.74, 6) is 1.15. The summed E-state index contributed by atoms with van der Waals surface area (Å²) >= 11 is 12.2. The van der Waals surface area contributed by atoms with Crippen molar-refractivity contribution in [2.24, 2.45) is 5.92 Å². The zero-order valence-corrected chi connectivity index (χ0v) is 22.5. The number of rotatable bonds is 8. The molecular weight excluding hydrogens is 509 g/mol. The molecule has 2 aliphatic rings. The maximum Gasteiger partial charge on any atom is 0.241 e. The zero-order valence-electron chi connectivity index (χ0n) is 21.0. The Labute approximate surface area is 228 Å². The molecule has 2 fully saturated rings. The lowest BCUT2D eigenvalue weighted by Gasteiger charge is -2.30. The Morgan fingerprint density at radius 1 is 0.946 bits per heavy atom. The second-order valence-electron chi connectivity index (χ2n) is 10.1. The van der Waals surface area contributed by atoms with E-state index in [4.69, 9.17) is 27.7 Å². The van der Waals surface area contributed by atoms with Crippen LogP contribution in [-0.4, -0.2) is 52.0 Å². The topological polar surface area (TPSA) is 74.5 Å². The van der Waals surface area contributed by atoms with Gasteiger partial charge in [-0.2, -0.15) is 4.98 Å². The summed E-state index contributed by atoms with van der Waals surface area (Å²) in [6.45, 7) is 6.11. The van der Waals surface area contributed by atoms with Crippen LogP contribution in [0.2, 0.25) is 10.0 Å². The van der Waals surface area contributed by atoms with Crippen LogP contribution in [0.4, 0.5) is 0 Å². The molecule has 9 heteroatoms. The fourth-order valence-electron chi connectivity index (χ4n) is 5.19. The highest BCUT2D eigenvalue weighted by Crippen LogP contribution is 2.29. The number of carbonyl (C=O) groups excluding carboxylic acids is 1. The Hall–Kier alpha value is -2.45. The predicted molar refractivity (Wildman–Crippen MR) is 145 cm³/mol. The van der Waals surface area contributed by atoms with Gasteiger partial charge in [0.15, 0.2) is 0 Å². The van der Waals surface area contributed by atoms with Gasteiger partial charge in [0.1, 0.15) is 0 Å². The van der Waals surface area contributed by atoms with Crippen LogP contribution in [-0.2, 0) is 24.4 Å². The number of likely N-dealkylation sites (tertiary alicyclic amines) is 2. The van der Waals surface area contributed by atoms with Crippen LogP contribution in [0.15, 0.2) is 47.0 Å². The molecular formula is C28H33Cl2N5O2. The van der Waals surface area contributed by atoms with Gasteiger partial charge in [0.25, 0.3) is 0 Å². The maximum atomic E-state index is 12.9. The van der Waals surface area contributed by atoms with Crippen molar-refractivity contribution >= 4 is 29.1 Å². The molecule has 2 saturated heterocycles. The molecule has 0 spiro atoms. The van der Waals surface area contributed by atoms with Crippen molar-refractivity contribution in [1.29, 1.82) is 0 Å². The Morgan fingerprint density at radius 2 is 1.70 bits per heavy atom. The Kier molecular flexibility index (Phi) is 8.77. The Morgan fingerprint density at radius 3 is 2.49 bits per heavy atom. The largest absolute Gasteiger partial charge is 0.352 e. The van der Waals surface area contributed by atoms with Gasteiger partial charge in [0.2, 0.25) is 17.6 Å². The summed E-state index contributed by atoms with van der Waals surface area (Å²) in [7, 11) is 0.